The molecule has 6 nitrogen and oxygen atoms in total. The molecule has 3 aromatic carbocycles. The number of hydrogen-bond acceptors (Lipinski definition) is 4. The molecule has 0 heterocycles. The molecular weight excluding hydrogens is 436 g/mol. The molecule has 0 aliphatic rings. The summed E-state index contributed by atoms with van der Waals surface area (Å²) < 4.78 is 32.7. The SMILES string of the molecule is COc1ccc(NS(=O)(=O)c2ccc(/C=C/C(=O)Nc3ccc(Cl)cc3C)cc2)cc1. The molecule has 0 radical (unpaired) electrons. The highest BCUT2D eigenvalue weighted by Gasteiger charge is 2.14. The largest absolute Gasteiger partial charge is 0.497 e. The molecule has 0 saturated heterocycles. The molecule has 0 aliphatic heterocycles. The Morgan fingerprint density at radius 1 is 1.00 bits per heavy atom. The van der Waals surface area contributed by atoms with Crippen LogP contribution in [0.5, 0.6) is 5.75 Å². The Labute approximate surface area is 186 Å². The fourth-order valence-electron chi connectivity index (χ4n) is 2.74. The lowest BCUT2D eigenvalue weighted by molar-refractivity contribution is -0.111. The quantitative estimate of drug-likeness (QED) is 0.484. The number of benzene rings is 3. The van der Waals surface area contributed by atoms with Crippen LogP contribution in [-0.4, -0.2) is 21.4 Å². The molecular formula is C23H21ClN2O4S. The van der Waals surface area contributed by atoms with E-state index in [0.29, 0.717) is 27.7 Å². The maximum absolute atomic E-state index is 12.6. The van der Waals surface area contributed by atoms with E-state index in [1.807, 2.05) is 6.92 Å². The monoisotopic (exact) mass is 456 g/mol. The Kier molecular flexibility index (Phi) is 6.99. The Bertz CT molecular complexity index is 1210. The Morgan fingerprint density at radius 2 is 1.68 bits per heavy atom. The van der Waals surface area contributed by atoms with Gasteiger partial charge in [0.2, 0.25) is 5.91 Å². The van der Waals surface area contributed by atoms with Gasteiger partial charge in [0.05, 0.1) is 12.0 Å². The van der Waals surface area contributed by atoms with E-state index in [1.54, 1.807) is 60.7 Å². The summed E-state index contributed by atoms with van der Waals surface area (Å²) in [6.45, 7) is 1.85. The number of ether oxygens (including phenoxy) is 1. The van der Waals surface area contributed by atoms with E-state index in [2.05, 4.69) is 10.0 Å². The van der Waals surface area contributed by atoms with Crippen LogP contribution in [0, 0.1) is 6.92 Å². The molecule has 0 spiro atoms. The topological polar surface area (TPSA) is 84.5 Å². The molecule has 0 aliphatic carbocycles. The standard InChI is InChI=1S/C23H21ClN2O4S/c1-16-15-18(24)6-13-22(16)25-23(27)14-5-17-3-11-21(12-4-17)31(28,29)26-19-7-9-20(30-2)10-8-19/h3-15,26H,1-2H3,(H,25,27)/b14-5+. The van der Waals surface area contributed by atoms with Crippen LogP contribution in [0.2, 0.25) is 5.02 Å². The van der Waals surface area contributed by atoms with Gasteiger partial charge in [0.1, 0.15) is 5.75 Å². The Morgan fingerprint density at radius 3 is 2.29 bits per heavy atom. The highest BCUT2D eigenvalue weighted by molar-refractivity contribution is 7.92. The third kappa shape index (κ3) is 6.10. The van der Waals surface area contributed by atoms with Crippen molar-refractivity contribution in [2.75, 3.05) is 17.1 Å². The van der Waals surface area contributed by atoms with E-state index in [9.17, 15) is 13.2 Å². The second-order valence-electron chi connectivity index (χ2n) is 6.68. The minimum Gasteiger partial charge on any atom is -0.497 e. The van der Waals surface area contributed by atoms with E-state index in [0.717, 1.165) is 5.56 Å². The van der Waals surface area contributed by atoms with Gasteiger partial charge in [-0.15, -0.1) is 0 Å². The number of nitrogens with one attached hydrogen (secondary N) is 2. The summed E-state index contributed by atoms with van der Waals surface area (Å²) in [6, 6.07) is 18.0. The normalized spacial score (nSPS) is 11.3. The molecule has 2 N–H and O–H groups in total. The van der Waals surface area contributed by atoms with Crippen molar-refractivity contribution in [3.63, 3.8) is 0 Å². The predicted octanol–water partition coefficient (Wildman–Crippen LogP) is 5.11. The number of methoxy groups -OCH3 is 1. The molecule has 3 aromatic rings. The van der Waals surface area contributed by atoms with Crippen molar-refractivity contribution in [2.24, 2.45) is 0 Å². The average Bonchev–Trinajstić information content (AvgIpc) is 2.75. The molecule has 0 fully saturated rings. The summed E-state index contributed by atoms with van der Waals surface area (Å²) in [5.41, 5.74) is 2.64. The summed E-state index contributed by atoms with van der Waals surface area (Å²) >= 11 is 5.92. The van der Waals surface area contributed by atoms with Gasteiger partial charge in [0, 0.05) is 22.5 Å². The van der Waals surface area contributed by atoms with Crippen molar-refractivity contribution < 1.29 is 17.9 Å². The number of amides is 1. The first kappa shape index (κ1) is 22.4. The molecule has 160 valence electrons. The number of sulfonamides is 1. The van der Waals surface area contributed by atoms with Gasteiger partial charge in [-0.25, -0.2) is 8.42 Å². The van der Waals surface area contributed by atoms with E-state index >= 15 is 0 Å². The maximum atomic E-state index is 12.6. The summed E-state index contributed by atoms with van der Waals surface area (Å²) in [7, 11) is -2.20. The minimum absolute atomic E-state index is 0.113. The molecule has 1 amide bonds. The third-order valence-corrected chi connectivity index (χ3v) is 6.04. The molecule has 0 aromatic heterocycles. The fourth-order valence-corrected chi connectivity index (χ4v) is 4.03. The van der Waals surface area contributed by atoms with Crippen LogP contribution in [-0.2, 0) is 14.8 Å². The number of hydrogen-bond donors (Lipinski definition) is 2. The van der Waals surface area contributed by atoms with Crippen LogP contribution < -0.4 is 14.8 Å². The van der Waals surface area contributed by atoms with Gasteiger partial charge in [-0.05, 0) is 78.7 Å². The van der Waals surface area contributed by atoms with Crippen molar-refractivity contribution in [3.05, 3.63) is 89.0 Å². The Hall–Kier alpha value is -3.29. The highest BCUT2D eigenvalue weighted by Crippen LogP contribution is 2.21. The molecule has 0 bridgehead atoms. The summed E-state index contributed by atoms with van der Waals surface area (Å²) in [5, 5.41) is 3.38. The van der Waals surface area contributed by atoms with Crippen LogP contribution in [0.4, 0.5) is 11.4 Å². The van der Waals surface area contributed by atoms with Crippen molar-refractivity contribution in [2.45, 2.75) is 11.8 Å². The lowest BCUT2D eigenvalue weighted by Gasteiger charge is -2.09. The molecule has 0 atom stereocenters. The van der Waals surface area contributed by atoms with Crippen molar-refractivity contribution in [3.8, 4) is 5.75 Å². The number of rotatable bonds is 7. The lowest BCUT2D eigenvalue weighted by atomic mass is 10.2. The number of carbonyl (C=O) groups excluding carboxylic acids is 1. The van der Waals surface area contributed by atoms with Crippen LogP contribution in [0.1, 0.15) is 11.1 Å². The van der Waals surface area contributed by atoms with Gasteiger partial charge < -0.3 is 10.1 Å². The van der Waals surface area contributed by atoms with Crippen LogP contribution >= 0.6 is 11.6 Å². The smallest absolute Gasteiger partial charge is 0.261 e. The summed E-state index contributed by atoms with van der Waals surface area (Å²) in [5.74, 6) is 0.331. The number of aryl methyl sites for hydroxylation is 1. The first-order chi connectivity index (χ1) is 14.8. The van der Waals surface area contributed by atoms with Gasteiger partial charge in [-0.3, -0.25) is 9.52 Å². The Balaban J connectivity index is 1.65. The van der Waals surface area contributed by atoms with Gasteiger partial charge >= 0.3 is 0 Å². The van der Waals surface area contributed by atoms with Crippen molar-refractivity contribution in [1.29, 1.82) is 0 Å². The van der Waals surface area contributed by atoms with E-state index in [-0.39, 0.29) is 10.8 Å². The number of anilines is 2. The zero-order valence-electron chi connectivity index (χ0n) is 16.9. The molecule has 31 heavy (non-hydrogen) atoms. The van der Waals surface area contributed by atoms with Crippen molar-refractivity contribution in [1.82, 2.24) is 0 Å². The second kappa shape index (κ2) is 9.68. The van der Waals surface area contributed by atoms with E-state index < -0.39 is 10.0 Å². The maximum Gasteiger partial charge on any atom is 0.261 e. The fraction of sp³-hybridized carbons (Fsp3) is 0.0870. The predicted molar refractivity (Wildman–Crippen MR) is 124 cm³/mol. The van der Waals surface area contributed by atoms with E-state index in [4.69, 9.17) is 16.3 Å². The van der Waals surface area contributed by atoms with Crippen LogP contribution in [0.3, 0.4) is 0 Å². The molecule has 0 unspecified atom stereocenters. The van der Waals surface area contributed by atoms with Gasteiger partial charge in [0.25, 0.3) is 10.0 Å². The number of carbonyl (C=O) groups is 1. The first-order valence-electron chi connectivity index (χ1n) is 9.29. The zero-order valence-corrected chi connectivity index (χ0v) is 18.5. The van der Waals surface area contributed by atoms with Crippen LogP contribution in [0.15, 0.2) is 77.7 Å². The van der Waals surface area contributed by atoms with Gasteiger partial charge in [-0.1, -0.05) is 23.7 Å². The van der Waals surface area contributed by atoms with E-state index in [1.165, 1.54) is 25.3 Å². The minimum atomic E-state index is -3.73. The third-order valence-electron chi connectivity index (χ3n) is 4.41. The van der Waals surface area contributed by atoms with Crippen LogP contribution in [0.25, 0.3) is 6.08 Å². The van der Waals surface area contributed by atoms with Crippen molar-refractivity contribution >= 4 is 45.0 Å². The molecule has 0 saturated carbocycles. The zero-order chi connectivity index (χ0) is 22.4. The first-order valence-corrected chi connectivity index (χ1v) is 11.1. The molecule has 3 rings (SSSR count). The summed E-state index contributed by atoms with van der Waals surface area (Å²) in [6.07, 6.45) is 2.99. The van der Waals surface area contributed by atoms with Gasteiger partial charge in [0.15, 0.2) is 0 Å². The lowest BCUT2D eigenvalue weighted by Crippen LogP contribution is -2.12. The highest BCUT2D eigenvalue weighted by atomic mass is 35.5. The second-order valence-corrected chi connectivity index (χ2v) is 8.80. The number of halogens is 1. The molecule has 8 heteroatoms. The summed E-state index contributed by atoms with van der Waals surface area (Å²) in [4.78, 5) is 12.3. The van der Waals surface area contributed by atoms with Gasteiger partial charge in [-0.2, -0.15) is 0 Å². The average molecular weight is 457 g/mol.